The largest absolute Gasteiger partial charge is 0.457 e. The summed E-state index contributed by atoms with van der Waals surface area (Å²) in [5, 5.41) is 0. The first-order valence-electron chi connectivity index (χ1n) is 11.1. The van der Waals surface area contributed by atoms with E-state index in [1.807, 2.05) is 6.07 Å². The lowest BCUT2D eigenvalue weighted by molar-refractivity contribution is -0.127. The third-order valence-electron chi connectivity index (χ3n) is 6.05. The number of amides is 1. The molecule has 3 heterocycles. The summed E-state index contributed by atoms with van der Waals surface area (Å²) in [5.41, 5.74) is 1.90. The van der Waals surface area contributed by atoms with Crippen LogP contribution in [0.25, 0.3) is 16.7 Å². The Morgan fingerprint density at radius 3 is 2.71 bits per heavy atom. The normalized spacial score (nSPS) is 15.9. The van der Waals surface area contributed by atoms with Gasteiger partial charge in [0.2, 0.25) is 5.91 Å². The lowest BCUT2D eigenvalue weighted by atomic mass is 10.1. The standard InChI is InChI=1S/C26H23FN4O3/c1-2-25(32)29-14-4-6-20(17-29)31-23-12-13-28-16-24(23)30(26(31)33)19-8-10-21(11-9-19)34-22-7-3-5-18(27)15-22/h2-3,5,7-13,15-16,20H,1,4,6,14,17H2. The second-order valence-electron chi connectivity index (χ2n) is 8.19. The van der Waals surface area contributed by atoms with Gasteiger partial charge < -0.3 is 9.64 Å². The first-order chi connectivity index (χ1) is 16.5. The van der Waals surface area contributed by atoms with E-state index in [2.05, 4.69) is 11.6 Å². The van der Waals surface area contributed by atoms with E-state index in [0.29, 0.717) is 35.8 Å². The van der Waals surface area contributed by atoms with E-state index in [1.54, 1.807) is 62.8 Å². The van der Waals surface area contributed by atoms with Gasteiger partial charge in [-0.15, -0.1) is 0 Å². The Kier molecular flexibility index (Phi) is 5.71. The highest BCUT2D eigenvalue weighted by molar-refractivity contribution is 5.87. The number of pyridine rings is 1. The fourth-order valence-electron chi connectivity index (χ4n) is 4.50. The molecule has 34 heavy (non-hydrogen) atoms. The molecular formula is C26H23FN4O3. The fourth-order valence-corrected chi connectivity index (χ4v) is 4.50. The van der Waals surface area contributed by atoms with Crippen molar-refractivity contribution in [2.45, 2.75) is 18.9 Å². The number of nitrogens with zero attached hydrogens (tertiary/aromatic N) is 4. The van der Waals surface area contributed by atoms with Gasteiger partial charge in [-0.05, 0) is 61.4 Å². The van der Waals surface area contributed by atoms with Crippen LogP contribution in [0.1, 0.15) is 18.9 Å². The van der Waals surface area contributed by atoms with E-state index in [0.717, 1.165) is 18.4 Å². The van der Waals surface area contributed by atoms with E-state index in [4.69, 9.17) is 4.74 Å². The van der Waals surface area contributed by atoms with E-state index < -0.39 is 0 Å². The van der Waals surface area contributed by atoms with Gasteiger partial charge in [0.05, 0.1) is 29.0 Å². The summed E-state index contributed by atoms with van der Waals surface area (Å²) in [4.78, 5) is 31.8. The molecule has 0 N–H and O–H groups in total. The molecule has 8 heteroatoms. The van der Waals surface area contributed by atoms with Crippen molar-refractivity contribution in [3.63, 3.8) is 0 Å². The molecule has 5 rings (SSSR count). The number of carbonyl (C=O) groups excluding carboxylic acids is 1. The molecule has 1 fully saturated rings. The molecule has 2 aromatic carbocycles. The Morgan fingerprint density at radius 2 is 1.94 bits per heavy atom. The van der Waals surface area contributed by atoms with Crippen LogP contribution in [-0.4, -0.2) is 38.0 Å². The van der Waals surface area contributed by atoms with Crippen molar-refractivity contribution in [1.29, 1.82) is 0 Å². The molecule has 1 aliphatic rings. The van der Waals surface area contributed by atoms with Gasteiger partial charge in [0.25, 0.3) is 0 Å². The molecule has 1 aliphatic heterocycles. The number of likely N-dealkylation sites (tertiary alicyclic amines) is 1. The fraction of sp³-hybridized carbons (Fsp3) is 0.192. The number of rotatable bonds is 5. The maximum absolute atomic E-state index is 13.6. The van der Waals surface area contributed by atoms with Crippen LogP contribution in [0.15, 0.2) is 84.4 Å². The number of imidazole rings is 1. The number of fused-ring (bicyclic) bond motifs is 1. The summed E-state index contributed by atoms with van der Waals surface area (Å²) in [6.45, 7) is 4.69. The molecule has 7 nitrogen and oxygen atoms in total. The molecule has 0 radical (unpaired) electrons. The zero-order valence-electron chi connectivity index (χ0n) is 18.4. The van der Waals surface area contributed by atoms with Crippen molar-refractivity contribution in [2.75, 3.05) is 13.1 Å². The average Bonchev–Trinajstić information content (AvgIpc) is 3.16. The van der Waals surface area contributed by atoms with Crippen molar-refractivity contribution in [2.24, 2.45) is 0 Å². The zero-order valence-corrected chi connectivity index (χ0v) is 18.4. The van der Waals surface area contributed by atoms with E-state index in [-0.39, 0.29) is 23.5 Å². The first-order valence-corrected chi connectivity index (χ1v) is 11.1. The van der Waals surface area contributed by atoms with Crippen molar-refractivity contribution in [3.8, 4) is 17.2 Å². The van der Waals surface area contributed by atoms with Gasteiger partial charge in [-0.3, -0.25) is 18.9 Å². The van der Waals surface area contributed by atoms with Gasteiger partial charge in [0, 0.05) is 25.4 Å². The first kappa shape index (κ1) is 21.6. The maximum Gasteiger partial charge on any atom is 0.334 e. The summed E-state index contributed by atoms with van der Waals surface area (Å²) in [5.74, 6) is 0.408. The Hall–Kier alpha value is -4.20. The molecule has 4 aromatic rings. The van der Waals surface area contributed by atoms with Crippen LogP contribution < -0.4 is 10.4 Å². The Morgan fingerprint density at radius 1 is 1.12 bits per heavy atom. The van der Waals surface area contributed by atoms with Crippen LogP contribution in [0.3, 0.4) is 0 Å². The zero-order chi connectivity index (χ0) is 23.7. The predicted molar refractivity (Wildman–Crippen MR) is 127 cm³/mol. The summed E-state index contributed by atoms with van der Waals surface area (Å²) >= 11 is 0. The Bertz CT molecular complexity index is 1420. The third kappa shape index (κ3) is 3.98. The smallest absolute Gasteiger partial charge is 0.334 e. The highest BCUT2D eigenvalue weighted by atomic mass is 19.1. The second kappa shape index (κ2) is 8.97. The van der Waals surface area contributed by atoms with Crippen molar-refractivity contribution in [3.05, 3.63) is 95.9 Å². The molecular weight excluding hydrogens is 435 g/mol. The molecule has 0 spiro atoms. The SMILES string of the molecule is C=CC(=O)N1CCCC(n2c(=O)n(-c3ccc(Oc4cccc(F)c4)cc3)c3cnccc32)C1. The minimum absolute atomic E-state index is 0.128. The molecule has 0 saturated carbocycles. The maximum atomic E-state index is 13.6. The van der Waals surface area contributed by atoms with Crippen LogP contribution in [0.4, 0.5) is 4.39 Å². The van der Waals surface area contributed by atoms with Crippen LogP contribution in [0, 0.1) is 5.82 Å². The third-order valence-corrected chi connectivity index (χ3v) is 6.05. The molecule has 172 valence electrons. The average molecular weight is 458 g/mol. The molecule has 1 amide bonds. The van der Waals surface area contributed by atoms with Crippen molar-refractivity contribution >= 4 is 16.9 Å². The topological polar surface area (TPSA) is 69.4 Å². The van der Waals surface area contributed by atoms with Gasteiger partial charge in [-0.1, -0.05) is 12.6 Å². The molecule has 1 saturated heterocycles. The summed E-state index contributed by atoms with van der Waals surface area (Å²) < 4.78 is 22.5. The number of hydrogen-bond donors (Lipinski definition) is 0. The number of halogens is 1. The minimum atomic E-state index is -0.378. The van der Waals surface area contributed by atoms with E-state index in [1.165, 1.54) is 18.2 Å². The van der Waals surface area contributed by atoms with Gasteiger partial charge in [0.1, 0.15) is 17.3 Å². The predicted octanol–water partition coefficient (Wildman–Crippen LogP) is 4.47. The molecule has 0 bridgehead atoms. The quantitative estimate of drug-likeness (QED) is 0.414. The highest BCUT2D eigenvalue weighted by Crippen LogP contribution is 2.28. The van der Waals surface area contributed by atoms with Gasteiger partial charge in [-0.25, -0.2) is 9.18 Å². The molecule has 0 aliphatic carbocycles. The lowest BCUT2D eigenvalue weighted by Gasteiger charge is -2.32. The molecule has 2 aromatic heterocycles. The summed E-state index contributed by atoms with van der Waals surface area (Å²) in [7, 11) is 0. The van der Waals surface area contributed by atoms with Gasteiger partial charge in [-0.2, -0.15) is 0 Å². The van der Waals surface area contributed by atoms with E-state index >= 15 is 0 Å². The second-order valence-corrected chi connectivity index (χ2v) is 8.19. The number of carbonyl (C=O) groups is 1. The van der Waals surface area contributed by atoms with Crippen LogP contribution in [-0.2, 0) is 4.79 Å². The lowest BCUT2D eigenvalue weighted by Crippen LogP contribution is -2.42. The highest BCUT2D eigenvalue weighted by Gasteiger charge is 2.27. The monoisotopic (exact) mass is 458 g/mol. The molecule has 1 unspecified atom stereocenters. The van der Waals surface area contributed by atoms with Gasteiger partial charge in [0.15, 0.2) is 0 Å². The Balaban J connectivity index is 1.51. The molecule has 1 atom stereocenters. The van der Waals surface area contributed by atoms with Gasteiger partial charge >= 0.3 is 5.69 Å². The summed E-state index contributed by atoms with van der Waals surface area (Å²) in [6, 6.07) is 14.6. The number of ether oxygens (including phenoxy) is 1. The Labute approximate surface area is 195 Å². The van der Waals surface area contributed by atoms with E-state index in [9.17, 15) is 14.0 Å². The minimum Gasteiger partial charge on any atom is -0.457 e. The number of hydrogen-bond acceptors (Lipinski definition) is 4. The summed E-state index contributed by atoms with van der Waals surface area (Å²) in [6.07, 6.45) is 6.24. The number of aromatic nitrogens is 3. The van der Waals surface area contributed by atoms with Crippen LogP contribution in [0.2, 0.25) is 0 Å². The van der Waals surface area contributed by atoms with Crippen LogP contribution in [0.5, 0.6) is 11.5 Å². The van der Waals surface area contributed by atoms with Crippen molar-refractivity contribution < 1.29 is 13.9 Å². The number of benzene rings is 2. The number of piperidine rings is 1. The van der Waals surface area contributed by atoms with Crippen molar-refractivity contribution in [1.82, 2.24) is 19.0 Å². The van der Waals surface area contributed by atoms with Crippen LogP contribution >= 0.6 is 0 Å².